The van der Waals surface area contributed by atoms with E-state index in [0.29, 0.717) is 0 Å². The van der Waals surface area contributed by atoms with Gasteiger partial charge in [0, 0.05) is 6.54 Å². The van der Waals surface area contributed by atoms with E-state index < -0.39 is 24.1 Å². The van der Waals surface area contributed by atoms with Crippen LogP contribution in [-0.2, 0) is 11.3 Å². The lowest BCUT2D eigenvalue weighted by Crippen LogP contribution is -2.14. The minimum absolute atomic E-state index is 0.0696. The van der Waals surface area contributed by atoms with Gasteiger partial charge in [0.15, 0.2) is 0 Å². The zero-order valence-electron chi connectivity index (χ0n) is 7.97. The molecule has 0 aliphatic rings. The average Bonchev–Trinajstić information content (AvgIpc) is 2.61. The molecule has 0 aliphatic carbocycles. The first-order valence-electron chi connectivity index (χ1n) is 4.29. The molecule has 0 fully saturated rings. The molecule has 0 aromatic carbocycles. The zero-order valence-corrected chi connectivity index (χ0v) is 7.97. The summed E-state index contributed by atoms with van der Waals surface area (Å²) in [5.74, 6) is -2.12. The number of rotatable bonds is 5. The third-order valence-corrected chi connectivity index (χ3v) is 1.95. The van der Waals surface area contributed by atoms with Crippen molar-refractivity contribution in [2.75, 3.05) is 0 Å². The lowest BCUT2D eigenvalue weighted by Gasteiger charge is -2.06. The van der Waals surface area contributed by atoms with Crippen LogP contribution in [-0.4, -0.2) is 31.3 Å². The topological polar surface area (TPSA) is 80.9 Å². The van der Waals surface area contributed by atoms with Crippen LogP contribution in [0.3, 0.4) is 0 Å². The minimum atomic E-state index is -2.75. The molecule has 0 amide bonds. The highest BCUT2D eigenvalue weighted by molar-refractivity contribution is 5.69. The number of carbonyl (C=O) groups is 1. The predicted molar refractivity (Wildman–Crippen MR) is 44.2 cm³/mol. The van der Waals surface area contributed by atoms with Gasteiger partial charge in [-0.25, -0.2) is 13.5 Å². The second kappa shape index (κ2) is 4.76. The third kappa shape index (κ3) is 2.93. The molecule has 15 heavy (non-hydrogen) atoms. The highest BCUT2D eigenvalue weighted by Crippen LogP contribution is 2.15. The van der Waals surface area contributed by atoms with Gasteiger partial charge in [0.25, 0.3) is 6.43 Å². The molecule has 84 valence electrons. The van der Waals surface area contributed by atoms with Crippen molar-refractivity contribution in [3.05, 3.63) is 5.82 Å². The van der Waals surface area contributed by atoms with Gasteiger partial charge in [-0.15, -0.1) is 5.10 Å². The molecule has 0 saturated heterocycles. The molecule has 1 unspecified atom stereocenters. The van der Waals surface area contributed by atoms with Crippen molar-refractivity contribution in [2.24, 2.45) is 5.92 Å². The Morgan fingerprint density at radius 3 is 2.80 bits per heavy atom. The Morgan fingerprint density at radius 1 is 1.60 bits per heavy atom. The van der Waals surface area contributed by atoms with Gasteiger partial charge in [-0.2, -0.15) is 0 Å². The van der Waals surface area contributed by atoms with Crippen LogP contribution in [0.25, 0.3) is 0 Å². The Kier molecular flexibility index (Phi) is 3.64. The van der Waals surface area contributed by atoms with Gasteiger partial charge in [0.2, 0.25) is 5.82 Å². The molecule has 8 heteroatoms. The van der Waals surface area contributed by atoms with Crippen molar-refractivity contribution in [1.82, 2.24) is 20.2 Å². The number of alkyl halides is 2. The maximum absolute atomic E-state index is 12.3. The Bertz CT molecular complexity index is 341. The molecule has 1 heterocycles. The maximum Gasteiger partial charge on any atom is 0.306 e. The van der Waals surface area contributed by atoms with Crippen LogP contribution in [0.2, 0.25) is 0 Å². The van der Waals surface area contributed by atoms with E-state index in [9.17, 15) is 13.6 Å². The summed E-state index contributed by atoms with van der Waals surface area (Å²) in [6.45, 7) is 1.56. The van der Waals surface area contributed by atoms with E-state index in [1.54, 1.807) is 0 Å². The van der Waals surface area contributed by atoms with E-state index in [4.69, 9.17) is 5.11 Å². The highest BCUT2D eigenvalue weighted by Gasteiger charge is 2.18. The molecule has 1 rings (SSSR count). The summed E-state index contributed by atoms with van der Waals surface area (Å²) in [6, 6.07) is 0. The highest BCUT2D eigenvalue weighted by atomic mass is 19.3. The maximum atomic E-state index is 12.3. The molecule has 0 saturated carbocycles. The molecule has 0 spiro atoms. The van der Waals surface area contributed by atoms with Gasteiger partial charge in [0.05, 0.1) is 5.92 Å². The molecular weight excluding hydrogens is 210 g/mol. The number of hydrogen-bond acceptors (Lipinski definition) is 4. The van der Waals surface area contributed by atoms with Crippen molar-refractivity contribution < 1.29 is 18.7 Å². The Labute approximate surface area is 83.9 Å². The molecule has 1 atom stereocenters. The van der Waals surface area contributed by atoms with Crippen molar-refractivity contribution in [3.8, 4) is 0 Å². The summed E-state index contributed by atoms with van der Waals surface area (Å²) < 4.78 is 25.4. The normalized spacial score (nSPS) is 13.1. The van der Waals surface area contributed by atoms with Gasteiger partial charge in [0.1, 0.15) is 0 Å². The largest absolute Gasteiger partial charge is 0.481 e. The molecule has 1 N–H and O–H groups in total. The van der Waals surface area contributed by atoms with Crippen molar-refractivity contribution >= 4 is 5.97 Å². The van der Waals surface area contributed by atoms with Crippen LogP contribution in [0.1, 0.15) is 25.6 Å². The second-order valence-corrected chi connectivity index (χ2v) is 3.09. The SMILES string of the molecule is CC(CCn1nnnc1C(F)F)C(=O)O. The van der Waals surface area contributed by atoms with E-state index in [-0.39, 0.29) is 13.0 Å². The first kappa shape index (κ1) is 11.5. The van der Waals surface area contributed by atoms with Crippen LogP contribution < -0.4 is 0 Å². The summed E-state index contributed by atoms with van der Waals surface area (Å²) in [4.78, 5) is 10.5. The van der Waals surface area contributed by atoms with Crippen LogP contribution >= 0.6 is 0 Å². The molecular formula is C7H10F2N4O2. The van der Waals surface area contributed by atoms with E-state index in [1.807, 2.05) is 0 Å². The molecule has 6 nitrogen and oxygen atoms in total. The van der Waals surface area contributed by atoms with Crippen molar-refractivity contribution in [2.45, 2.75) is 26.3 Å². The van der Waals surface area contributed by atoms with Crippen LogP contribution in [0.5, 0.6) is 0 Å². The fourth-order valence-electron chi connectivity index (χ4n) is 0.967. The number of tetrazole rings is 1. The van der Waals surface area contributed by atoms with Crippen LogP contribution in [0.4, 0.5) is 8.78 Å². The third-order valence-electron chi connectivity index (χ3n) is 1.95. The number of carboxylic acid groups (broad SMARTS) is 1. The Hall–Kier alpha value is -1.60. The lowest BCUT2D eigenvalue weighted by molar-refractivity contribution is -0.141. The lowest BCUT2D eigenvalue weighted by atomic mass is 10.1. The summed E-state index contributed by atoms with van der Waals surface area (Å²) in [6.07, 6.45) is -2.54. The molecule has 1 aromatic heterocycles. The smallest absolute Gasteiger partial charge is 0.306 e. The Morgan fingerprint density at radius 2 is 2.27 bits per heavy atom. The van der Waals surface area contributed by atoms with E-state index in [2.05, 4.69) is 15.5 Å². The Balaban J connectivity index is 2.57. The molecule has 0 bridgehead atoms. The number of hydrogen-bond donors (Lipinski definition) is 1. The number of halogens is 2. The second-order valence-electron chi connectivity index (χ2n) is 3.09. The van der Waals surface area contributed by atoms with E-state index >= 15 is 0 Å². The number of nitrogens with zero attached hydrogens (tertiary/aromatic N) is 4. The number of carboxylic acids is 1. The van der Waals surface area contributed by atoms with Crippen LogP contribution in [0.15, 0.2) is 0 Å². The number of aryl methyl sites for hydroxylation is 1. The fraction of sp³-hybridized carbons (Fsp3) is 0.714. The average molecular weight is 220 g/mol. The first-order valence-corrected chi connectivity index (χ1v) is 4.29. The number of aliphatic carboxylic acids is 1. The number of aromatic nitrogens is 4. The summed E-state index contributed by atoms with van der Waals surface area (Å²) in [5.41, 5.74) is 0. The zero-order chi connectivity index (χ0) is 11.4. The molecule has 0 aliphatic heterocycles. The van der Waals surface area contributed by atoms with Gasteiger partial charge < -0.3 is 5.11 Å². The summed E-state index contributed by atoms with van der Waals surface area (Å²) in [5, 5.41) is 18.2. The predicted octanol–water partition coefficient (Wildman–Crippen LogP) is 0.721. The van der Waals surface area contributed by atoms with Gasteiger partial charge in [-0.05, 0) is 16.8 Å². The van der Waals surface area contributed by atoms with Crippen molar-refractivity contribution in [1.29, 1.82) is 0 Å². The first-order chi connectivity index (χ1) is 7.02. The summed E-state index contributed by atoms with van der Waals surface area (Å²) in [7, 11) is 0. The summed E-state index contributed by atoms with van der Waals surface area (Å²) >= 11 is 0. The van der Waals surface area contributed by atoms with Crippen LogP contribution in [0, 0.1) is 5.92 Å². The monoisotopic (exact) mass is 220 g/mol. The van der Waals surface area contributed by atoms with Crippen molar-refractivity contribution in [3.63, 3.8) is 0 Å². The minimum Gasteiger partial charge on any atom is -0.481 e. The standard InChI is InChI=1S/C7H10F2N4O2/c1-4(7(14)15)2-3-13-6(5(8)9)10-11-12-13/h4-5H,2-3H2,1H3,(H,14,15). The van der Waals surface area contributed by atoms with Gasteiger partial charge in [-0.3, -0.25) is 4.79 Å². The van der Waals surface area contributed by atoms with E-state index in [0.717, 1.165) is 4.68 Å². The van der Waals surface area contributed by atoms with E-state index in [1.165, 1.54) is 6.92 Å². The molecule has 0 radical (unpaired) electrons. The fourth-order valence-corrected chi connectivity index (χ4v) is 0.967. The quantitative estimate of drug-likeness (QED) is 0.790. The van der Waals surface area contributed by atoms with Gasteiger partial charge >= 0.3 is 5.97 Å². The van der Waals surface area contributed by atoms with Gasteiger partial charge in [-0.1, -0.05) is 6.92 Å². The molecule has 1 aromatic rings.